The minimum Gasteiger partial charge on any atom is -0.346 e. The van der Waals surface area contributed by atoms with Gasteiger partial charge in [0.05, 0.1) is 29.1 Å². The number of alkyl halides is 6. The monoisotopic (exact) mass is 541 g/mol. The predicted octanol–water partition coefficient (Wildman–Crippen LogP) is 5.21. The first kappa shape index (κ1) is 27.9. The highest BCUT2D eigenvalue weighted by atomic mass is 19.4. The van der Waals surface area contributed by atoms with E-state index in [1.807, 2.05) is 23.1 Å². The highest BCUT2D eigenvalue weighted by Gasteiger charge is 2.42. The van der Waals surface area contributed by atoms with Crippen LogP contribution >= 0.6 is 0 Å². The molecular weight excluding hydrogens is 512 g/mol. The smallest absolute Gasteiger partial charge is 0.346 e. The number of rotatable bonds is 5. The van der Waals surface area contributed by atoms with Gasteiger partial charge in [-0.05, 0) is 61.9 Å². The second-order valence-electron chi connectivity index (χ2n) is 9.99. The first-order chi connectivity index (χ1) is 17.8. The van der Waals surface area contributed by atoms with Gasteiger partial charge in [0.15, 0.2) is 0 Å². The third-order valence-electron chi connectivity index (χ3n) is 7.57. The highest BCUT2D eigenvalue weighted by molar-refractivity contribution is 5.84. The Labute approximate surface area is 216 Å². The zero-order chi connectivity index (χ0) is 27.7. The number of nitrogens with zero attached hydrogens (tertiary/aromatic N) is 1. The molecule has 2 aliphatic rings. The number of hydrogen-bond donors (Lipinski definition) is 2. The van der Waals surface area contributed by atoms with Crippen LogP contribution in [0.4, 0.5) is 26.3 Å². The summed E-state index contributed by atoms with van der Waals surface area (Å²) in [6.07, 6.45) is -7.88. The number of halogens is 6. The quantitative estimate of drug-likeness (QED) is 0.511. The first-order valence-electron chi connectivity index (χ1n) is 12.5. The van der Waals surface area contributed by atoms with Crippen LogP contribution < -0.4 is 10.6 Å². The molecule has 4 rings (SSSR count). The van der Waals surface area contributed by atoms with E-state index in [1.54, 1.807) is 12.1 Å². The van der Waals surface area contributed by atoms with Gasteiger partial charge in [0, 0.05) is 19.1 Å². The van der Waals surface area contributed by atoms with Gasteiger partial charge in [-0.1, -0.05) is 30.3 Å². The van der Waals surface area contributed by atoms with E-state index in [4.69, 9.17) is 0 Å². The van der Waals surface area contributed by atoms with E-state index in [0.717, 1.165) is 5.56 Å². The van der Waals surface area contributed by atoms with Crippen molar-refractivity contribution in [2.75, 3.05) is 19.6 Å². The normalized spacial score (nSPS) is 23.7. The standard InChI is InChI=1S/C27H29F6N3O2/c1-17(18-13-20(26(28,29)30)15-21(14-18)27(31,32)33)24(38)35-25(19-5-3-2-4-6-19)9-7-22(8-10-25)36-12-11-34-16-23(36)37/h2-6,13-15,17,22,34H,7-12,16H2,1H3,(H,35,38). The molecule has 1 heterocycles. The number of hydrogen-bond acceptors (Lipinski definition) is 3. The average Bonchev–Trinajstić information content (AvgIpc) is 2.88. The van der Waals surface area contributed by atoms with Gasteiger partial charge in [-0.3, -0.25) is 9.59 Å². The molecule has 0 bridgehead atoms. The van der Waals surface area contributed by atoms with Crippen molar-refractivity contribution in [1.82, 2.24) is 15.5 Å². The molecule has 1 aliphatic carbocycles. The number of carbonyl (C=O) groups is 2. The first-order valence-corrected chi connectivity index (χ1v) is 12.5. The third-order valence-corrected chi connectivity index (χ3v) is 7.57. The molecule has 38 heavy (non-hydrogen) atoms. The minimum atomic E-state index is -5.00. The molecule has 0 aromatic heterocycles. The molecule has 1 unspecified atom stereocenters. The molecule has 206 valence electrons. The van der Waals surface area contributed by atoms with Crippen molar-refractivity contribution in [2.45, 2.75) is 62.5 Å². The van der Waals surface area contributed by atoms with Gasteiger partial charge < -0.3 is 15.5 Å². The van der Waals surface area contributed by atoms with Gasteiger partial charge in [-0.2, -0.15) is 26.3 Å². The van der Waals surface area contributed by atoms with Crippen LogP contribution in [0.1, 0.15) is 60.8 Å². The Morgan fingerprint density at radius 1 is 1.00 bits per heavy atom. The maximum atomic E-state index is 13.4. The summed E-state index contributed by atoms with van der Waals surface area (Å²) in [7, 11) is 0. The summed E-state index contributed by atoms with van der Waals surface area (Å²) in [6.45, 7) is 2.85. The topological polar surface area (TPSA) is 61.4 Å². The highest BCUT2D eigenvalue weighted by Crippen LogP contribution is 2.41. The Hall–Kier alpha value is -3.08. The van der Waals surface area contributed by atoms with E-state index >= 15 is 0 Å². The van der Waals surface area contributed by atoms with Gasteiger partial charge >= 0.3 is 12.4 Å². The van der Waals surface area contributed by atoms with Crippen LogP contribution in [0.25, 0.3) is 0 Å². The third kappa shape index (κ3) is 5.98. The molecular formula is C27H29F6N3O2. The summed E-state index contributed by atoms with van der Waals surface area (Å²) < 4.78 is 80.2. The molecule has 2 N–H and O–H groups in total. The Bertz CT molecular complexity index is 1130. The van der Waals surface area contributed by atoms with Crippen LogP contribution in [0.15, 0.2) is 48.5 Å². The molecule has 1 saturated heterocycles. The summed E-state index contributed by atoms with van der Waals surface area (Å²) >= 11 is 0. The van der Waals surface area contributed by atoms with Gasteiger partial charge in [0.1, 0.15) is 0 Å². The van der Waals surface area contributed by atoms with E-state index < -0.39 is 40.8 Å². The fraction of sp³-hybridized carbons (Fsp3) is 0.481. The Morgan fingerprint density at radius 3 is 2.11 bits per heavy atom. The zero-order valence-electron chi connectivity index (χ0n) is 20.8. The minimum absolute atomic E-state index is 0.00595. The lowest BCUT2D eigenvalue weighted by atomic mass is 9.74. The summed E-state index contributed by atoms with van der Waals surface area (Å²) in [4.78, 5) is 27.6. The van der Waals surface area contributed by atoms with E-state index in [-0.39, 0.29) is 30.1 Å². The lowest BCUT2D eigenvalue weighted by Crippen LogP contribution is -2.56. The van der Waals surface area contributed by atoms with Crippen molar-refractivity contribution in [3.8, 4) is 0 Å². The fourth-order valence-electron chi connectivity index (χ4n) is 5.38. The molecule has 11 heteroatoms. The number of benzene rings is 2. The maximum absolute atomic E-state index is 13.4. The van der Waals surface area contributed by atoms with Gasteiger partial charge in [0.25, 0.3) is 0 Å². The van der Waals surface area contributed by atoms with Crippen molar-refractivity contribution in [3.05, 3.63) is 70.8 Å². The molecule has 1 atom stereocenters. The van der Waals surface area contributed by atoms with E-state index in [1.165, 1.54) is 6.92 Å². The van der Waals surface area contributed by atoms with Gasteiger partial charge in [-0.15, -0.1) is 0 Å². The van der Waals surface area contributed by atoms with E-state index in [2.05, 4.69) is 10.6 Å². The lowest BCUT2D eigenvalue weighted by Gasteiger charge is -2.45. The van der Waals surface area contributed by atoms with Crippen molar-refractivity contribution >= 4 is 11.8 Å². The van der Waals surface area contributed by atoms with Crippen LogP contribution in [0, 0.1) is 0 Å². The molecule has 0 spiro atoms. The lowest BCUT2D eigenvalue weighted by molar-refractivity contribution is -0.143. The Kier molecular flexibility index (Phi) is 7.79. The number of amides is 2. The van der Waals surface area contributed by atoms with Crippen LogP contribution in [0.3, 0.4) is 0 Å². The van der Waals surface area contributed by atoms with Crippen molar-refractivity contribution in [1.29, 1.82) is 0 Å². The summed E-state index contributed by atoms with van der Waals surface area (Å²) in [5.41, 5.74) is -3.35. The molecule has 5 nitrogen and oxygen atoms in total. The number of nitrogens with one attached hydrogen (secondary N) is 2. The fourth-order valence-corrected chi connectivity index (χ4v) is 5.38. The van der Waals surface area contributed by atoms with Gasteiger partial charge in [-0.25, -0.2) is 0 Å². The summed E-state index contributed by atoms with van der Waals surface area (Å²) in [5, 5.41) is 6.02. The van der Waals surface area contributed by atoms with Gasteiger partial charge in [0.2, 0.25) is 11.8 Å². The number of piperazine rings is 1. The molecule has 2 amide bonds. The van der Waals surface area contributed by atoms with Crippen LogP contribution in [-0.4, -0.2) is 42.4 Å². The molecule has 1 aliphatic heterocycles. The average molecular weight is 542 g/mol. The second-order valence-corrected chi connectivity index (χ2v) is 9.99. The van der Waals surface area contributed by atoms with E-state index in [9.17, 15) is 35.9 Å². The van der Waals surface area contributed by atoms with Crippen LogP contribution in [0.5, 0.6) is 0 Å². The molecule has 0 radical (unpaired) electrons. The maximum Gasteiger partial charge on any atom is 0.416 e. The predicted molar refractivity (Wildman–Crippen MR) is 128 cm³/mol. The second kappa shape index (κ2) is 10.6. The van der Waals surface area contributed by atoms with E-state index in [0.29, 0.717) is 50.9 Å². The molecule has 2 aromatic rings. The van der Waals surface area contributed by atoms with Crippen molar-refractivity contribution in [3.63, 3.8) is 0 Å². The van der Waals surface area contributed by atoms with Crippen molar-refractivity contribution < 1.29 is 35.9 Å². The molecule has 1 saturated carbocycles. The van der Waals surface area contributed by atoms with Crippen LogP contribution in [0.2, 0.25) is 0 Å². The SMILES string of the molecule is CC(C(=O)NC1(c2ccccc2)CCC(N2CCNCC2=O)CC1)c1cc(C(F)(F)F)cc(C(F)(F)F)c1. The Balaban J connectivity index is 1.60. The largest absolute Gasteiger partial charge is 0.416 e. The molecule has 2 fully saturated rings. The Morgan fingerprint density at radius 2 is 1.58 bits per heavy atom. The summed E-state index contributed by atoms with van der Waals surface area (Å²) in [6, 6.07) is 10.4. The zero-order valence-corrected chi connectivity index (χ0v) is 20.8. The molecule has 2 aromatic carbocycles. The summed E-state index contributed by atoms with van der Waals surface area (Å²) in [5.74, 6) is -1.93. The van der Waals surface area contributed by atoms with Crippen LogP contribution in [-0.2, 0) is 27.5 Å². The van der Waals surface area contributed by atoms with Crippen molar-refractivity contribution in [2.24, 2.45) is 0 Å². The number of carbonyl (C=O) groups excluding carboxylic acids is 2.